The van der Waals surface area contributed by atoms with E-state index in [1.54, 1.807) is 4.90 Å². The molecular weight excluding hydrogens is 310 g/mol. The Morgan fingerprint density at radius 1 is 0.920 bits per heavy atom. The Balaban J connectivity index is 1.46. The second-order valence-corrected chi connectivity index (χ2v) is 10.0. The molecule has 5 aliphatic carbocycles. The molecule has 0 saturated heterocycles. The highest BCUT2D eigenvalue weighted by Crippen LogP contribution is 2.74. The van der Waals surface area contributed by atoms with Crippen molar-refractivity contribution in [2.45, 2.75) is 63.8 Å². The number of nitrogens with zero attached hydrogens (tertiary/aromatic N) is 1. The van der Waals surface area contributed by atoms with Crippen molar-refractivity contribution in [1.82, 2.24) is 4.90 Å². The van der Waals surface area contributed by atoms with E-state index in [0.29, 0.717) is 33.8 Å². The van der Waals surface area contributed by atoms with E-state index in [-0.39, 0.29) is 17.4 Å². The maximum atomic E-state index is 13.2. The van der Waals surface area contributed by atoms with Gasteiger partial charge in [-0.3, -0.25) is 14.5 Å². The van der Waals surface area contributed by atoms with Gasteiger partial charge in [0.2, 0.25) is 0 Å². The quantitative estimate of drug-likeness (QED) is 0.750. The standard InChI is InChI=1S/C22H25NO2/c1-20(6-7-20)21-9-14-8-15(10-21)12-22(11-14,13-21)23-18(24)16-4-2-3-5-17(16)19(23)25/h2-5,14-15H,6-13H2,1H3/t14-,15+,21?,22?. The number of benzene rings is 1. The second-order valence-electron chi connectivity index (χ2n) is 10.0. The van der Waals surface area contributed by atoms with Crippen LogP contribution >= 0.6 is 0 Å². The molecule has 4 bridgehead atoms. The second kappa shape index (κ2) is 4.19. The summed E-state index contributed by atoms with van der Waals surface area (Å²) in [4.78, 5) is 28.1. The molecule has 0 radical (unpaired) electrons. The van der Waals surface area contributed by atoms with Crippen LogP contribution in [0.1, 0.15) is 79.0 Å². The fourth-order valence-corrected chi connectivity index (χ4v) is 7.52. The smallest absolute Gasteiger partial charge is 0.262 e. The summed E-state index contributed by atoms with van der Waals surface area (Å²) in [5, 5.41) is 0. The van der Waals surface area contributed by atoms with Gasteiger partial charge in [0.25, 0.3) is 11.8 Å². The molecule has 2 unspecified atom stereocenters. The van der Waals surface area contributed by atoms with Crippen LogP contribution in [-0.2, 0) is 0 Å². The normalized spacial score (nSPS) is 42.8. The molecule has 1 aliphatic heterocycles. The Morgan fingerprint density at radius 3 is 2.00 bits per heavy atom. The zero-order valence-corrected chi connectivity index (χ0v) is 14.9. The van der Waals surface area contributed by atoms with Gasteiger partial charge in [-0.05, 0) is 86.2 Å². The minimum atomic E-state index is -0.205. The number of fused-ring (bicyclic) bond motifs is 1. The lowest BCUT2D eigenvalue weighted by Crippen LogP contribution is -2.65. The van der Waals surface area contributed by atoms with E-state index in [1.165, 1.54) is 32.1 Å². The van der Waals surface area contributed by atoms with Crippen LogP contribution in [0.25, 0.3) is 0 Å². The minimum absolute atomic E-state index is 0.0290. The van der Waals surface area contributed by atoms with Crippen LogP contribution < -0.4 is 0 Å². The first-order valence-electron chi connectivity index (χ1n) is 9.93. The largest absolute Gasteiger partial charge is 0.269 e. The average Bonchev–Trinajstić information content (AvgIpc) is 3.27. The van der Waals surface area contributed by atoms with Crippen molar-refractivity contribution in [2.24, 2.45) is 22.7 Å². The molecule has 0 spiro atoms. The highest BCUT2D eigenvalue weighted by molar-refractivity contribution is 6.21. The van der Waals surface area contributed by atoms with Gasteiger partial charge in [-0.1, -0.05) is 19.1 Å². The molecule has 1 aromatic carbocycles. The Hall–Kier alpha value is -1.64. The number of hydrogen-bond acceptors (Lipinski definition) is 2. The lowest BCUT2D eigenvalue weighted by Gasteiger charge is -2.66. The van der Waals surface area contributed by atoms with Crippen LogP contribution in [0.3, 0.4) is 0 Å². The number of carbonyl (C=O) groups excluding carboxylic acids is 2. The number of amides is 2. The van der Waals surface area contributed by atoms with Crippen LogP contribution in [0.4, 0.5) is 0 Å². The molecule has 5 fully saturated rings. The van der Waals surface area contributed by atoms with E-state index in [2.05, 4.69) is 6.92 Å². The van der Waals surface area contributed by atoms with Crippen molar-refractivity contribution < 1.29 is 9.59 Å². The molecule has 1 aromatic rings. The molecule has 3 nitrogen and oxygen atoms in total. The number of rotatable bonds is 2. The molecule has 0 aromatic heterocycles. The Labute approximate surface area is 148 Å². The summed E-state index contributed by atoms with van der Waals surface area (Å²) >= 11 is 0. The summed E-state index contributed by atoms with van der Waals surface area (Å²) in [7, 11) is 0. The van der Waals surface area contributed by atoms with E-state index in [1.807, 2.05) is 24.3 Å². The first-order valence-corrected chi connectivity index (χ1v) is 9.93. The van der Waals surface area contributed by atoms with E-state index in [0.717, 1.165) is 19.3 Å². The third kappa shape index (κ3) is 1.63. The third-order valence-electron chi connectivity index (χ3n) is 8.58. The predicted octanol–water partition coefficient (Wildman–Crippen LogP) is 4.42. The Kier molecular flexibility index (Phi) is 2.43. The van der Waals surface area contributed by atoms with Gasteiger partial charge in [-0.2, -0.15) is 0 Å². The number of hydrogen-bond donors (Lipinski definition) is 0. The van der Waals surface area contributed by atoms with Crippen LogP contribution in [0, 0.1) is 22.7 Å². The maximum Gasteiger partial charge on any atom is 0.262 e. The predicted molar refractivity (Wildman–Crippen MR) is 94.1 cm³/mol. The fourth-order valence-electron chi connectivity index (χ4n) is 7.52. The van der Waals surface area contributed by atoms with Crippen molar-refractivity contribution >= 4 is 11.8 Å². The third-order valence-corrected chi connectivity index (χ3v) is 8.58. The van der Waals surface area contributed by atoms with Gasteiger partial charge in [0.05, 0.1) is 16.7 Å². The van der Waals surface area contributed by atoms with Gasteiger partial charge < -0.3 is 0 Å². The first kappa shape index (κ1) is 14.5. The molecule has 0 N–H and O–H groups in total. The summed E-state index contributed by atoms with van der Waals surface area (Å²) in [6.45, 7) is 2.47. The molecular formula is C22H25NO2. The molecule has 130 valence electrons. The minimum Gasteiger partial charge on any atom is -0.269 e. The van der Waals surface area contributed by atoms with Gasteiger partial charge in [0, 0.05) is 0 Å². The van der Waals surface area contributed by atoms with Crippen molar-refractivity contribution in [1.29, 1.82) is 0 Å². The average molecular weight is 335 g/mol. The van der Waals surface area contributed by atoms with Crippen molar-refractivity contribution in [3.8, 4) is 0 Å². The van der Waals surface area contributed by atoms with Crippen molar-refractivity contribution in [2.75, 3.05) is 0 Å². The van der Waals surface area contributed by atoms with Crippen molar-refractivity contribution in [3.63, 3.8) is 0 Å². The van der Waals surface area contributed by atoms with E-state index < -0.39 is 0 Å². The first-order chi connectivity index (χ1) is 12.0. The number of carbonyl (C=O) groups is 2. The number of imide groups is 1. The van der Waals surface area contributed by atoms with Gasteiger partial charge >= 0.3 is 0 Å². The lowest BCUT2D eigenvalue weighted by atomic mass is 9.43. The Morgan fingerprint density at radius 2 is 1.48 bits per heavy atom. The summed E-state index contributed by atoms with van der Waals surface area (Å²) in [6, 6.07) is 7.40. The Bertz CT molecular complexity index is 772. The molecule has 3 heteroatoms. The van der Waals surface area contributed by atoms with Crippen LogP contribution in [0.15, 0.2) is 24.3 Å². The van der Waals surface area contributed by atoms with E-state index in [4.69, 9.17) is 0 Å². The van der Waals surface area contributed by atoms with Crippen LogP contribution in [0.2, 0.25) is 0 Å². The van der Waals surface area contributed by atoms with E-state index >= 15 is 0 Å². The molecule has 4 atom stereocenters. The zero-order chi connectivity index (χ0) is 17.0. The van der Waals surface area contributed by atoms with Gasteiger partial charge in [-0.15, -0.1) is 0 Å². The van der Waals surface area contributed by atoms with Crippen LogP contribution in [0.5, 0.6) is 0 Å². The molecule has 7 rings (SSSR count). The van der Waals surface area contributed by atoms with Gasteiger partial charge in [0.1, 0.15) is 0 Å². The summed E-state index contributed by atoms with van der Waals surface area (Å²) in [6.07, 6.45) is 9.84. The molecule has 25 heavy (non-hydrogen) atoms. The molecule has 1 heterocycles. The topological polar surface area (TPSA) is 37.4 Å². The lowest BCUT2D eigenvalue weighted by molar-refractivity contribution is -0.137. The van der Waals surface area contributed by atoms with Gasteiger partial charge in [0.15, 0.2) is 0 Å². The van der Waals surface area contributed by atoms with Crippen LogP contribution in [-0.4, -0.2) is 22.3 Å². The molecule has 2 amide bonds. The van der Waals surface area contributed by atoms with E-state index in [9.17, 15) is 9.59 Å². The highest BCUT2D eigenvalue weighted by atomic mass is 16.2. The zero-order valence-electron chi connectivity index (χ0n) is 14.9. The highest BCUT2D eigenvalue weighted by Gasteiger charge is 2.69. The SMILES string of the molecule is CC1(C23C[C@@H]4C[C@@H](CC(N5C(=O)c6ccccc6C5=O)(C4)C2)C3)CC1. The van der Waals surface area contributed by atoms with Crippen molar-refractivity contribution in [3.05, 3.63) is 35.4 Å². The summed E-state index contributed by atoms with van der Waals surface area (Å²) in [5.41, 5.74) is 1.88. The summed E-state index contributed by atoms with van der Waals surface area (Å²) < 4.78 is 0. The fraction of sp³-hybridized carbons (Fsp3) is 0.636. The van der Waals surface area contributed by atoms with Gasteiger partial charge in [-0.25, -0.2) is 0 Å². The monoisotopic (exact) mass is 335 g/mol. The summed E-state index contributed by atoms with van der Waals surface area (Å²) in [5.74, 6) is 1.36. The maximum absolute atomic E-state index is 13.2. The molecule has 6 aliphatic rings. The molecule has 5 saturated carbocycles.